The summed E-state index contributed by atoms with van der Waals surface area (Å²) in [5.74, 6) is 0.897. The number of nitrogens with one attached hydrogen (secondary N) is 4. The molecule has 0 fully saturated rings. The average molecular weight is 504 g/mol. The van der Waals surface area contributed by atoms with Gasteiger partial charge in [0.25, 0.3) is 0 Å². The molecule has 4 N–H and O–H groups in total. The largest absolute Gasteiger partial charge is 0.446 e. The van der Waals surface area contributed by atoms with Gasteiger partial charge in [-0.25, -0.2) is 15.1 Å². The second-order valence-corrected chi connectivity index (χ2v) is 7.47. The predicted molar refractivity (Wildman–Crippen MR) is 124 cm³/mol. The normalized spacial score (nSPS) is 11.9. The number of urea groups is 1. The van der Waals surface area contributed by atoms with E-state index in [4.69, 9.17) is 21.7 Å². The Labute approximate surface area is 202 Å². The molecular weight excluding hydrogens is 487 g/mol. The van der Waals surface area contributed by atoms with Gasteiger partial charge >= 0.3 is 12.2 Å². The van der Waals surface area contributed by atoms with Crippen LogP contribution < -0.4 is 21.3 Å². The molecule has 1 aliphatic heterocycles. The van der Waals surface area contributed by atoms with Crippen molar-refractivity contribution in [3.05, 3.63) is 64.8 Å². The smallest absolute Gasteiger partial charge is 0.339 e. The second-order valence-electron chi connectivity index (χ2n) is 7.06. The maximum Gasteiger partial charge on any atom is 0.446 e. The highest BCUT2D eigenvalue weighted by atomic mass is 35.5. The summed E-state index contributed by atoms with van der Waals surface area (Å²) in [4.78, 5) is 29.2. The third-order valence-corrected chi connectivity index (χ3v) is 4.81. The Kier molecular flexibility index (Phi) is 8.06. The van der Waals surface area contributed by atoms with Gasteiger partial charge in [0.1, 0.15) is 5.02 Å². The molecule has 2 amide bonds. The Hall–Kier alpha value is -4.37. The van der Waals surface area contributed by atoms with E-state index < -0.39 is 18.5 Å². The summed E-state index contributed by atoms with van der Waals surface area (Å²) in [5.41, 5.74) is 4.29. The molecule has 2 heterocycles. The van der Waals surface area contributed by atoms with Crippen molar-refractivity contribution in [2.75, 3.05) is 16.0 Å². The van der Waals surface area contributed by atoms with E-state index in [1.54, 1.807) is 18.3 Å². The fourth-order valence-electron chi connectivity index (χ4n) is 3.07. The standard InChI is InChI=1S/C20H16ClN7O.C2HF3O/c21-16-10-23-19-26-14-3-1-2-12(8-14)4-5-13-9-15(25-18(16)28-19)6-7-17(13)27-20(29)24-11-22;3-2(4,5)1-6/h1-3,6-10H,4-5H2,(H2,24,27,29)(H2,23,25,26,28);1H. The number of benzene rings is 2. The van der Waals surface area contributed by atoms with Crippen molar-refractivity contribution in [1.82, 2.24) is 15.3 Å². The summed E-state index contributed by atoms with van der Waals surface area (Å²) in [7, 11) is 0. The van der Waals surface area contributed by atoms with Crippen molar-refractivity contribution < 1.29 is 22.8 Å². The molecule has 0 aliphatic carbocycles. The zero-order valence-electron chi connectivity index (χ0n) is 17.8. The molecule has 3 aromatic rings. The summed E-state index contributed by atoms with van der Waals surface area (Å²) < 4.78 is 31.2. The Morgan fingerprint density at radius 3 is 2.60 bits per heavy atom. The van der Waals surface area contributed by atoms with E-state index >= 15 is 0 Å². The highest BCUT2D eigenvalue weighted by Gasteiger charge is 2.24. The van der Waals surface area contributed by atoms with E-state index in [0.717, 1.165) is 28.9 Å². The van der Waals surface area contributed by atoms with E-state index in [2.05, 4.69) is 31.2 Å². The van der Waals surface area contributed by atoms with E-state index in [0.29, 0.717) is 28.9 Å². The van der Waals surface area contributed by atoms with E-state index in [1.807, 2.05) is 30.3 Å². The lowest BCUT2D eigenvalue weighted by Crippen LogP contribution is -2.24. The molecule has 13 heteroatoms. The van der Waals surface area contributed by atoms with Crippen molar-refractivity contribution in [3.8, 4) is 6.19 Å². The van der Waals surface area contributed by atoms with Gasteiger partial charge in [0.05, 0.1) is 6.20 Å². The van der Waals surface area contributed by atoms with Crippen molar-refractivity contribution in [2.45, 2.75) is 19.0 Å². The van der Waals surface area contributed by atoms with Crippen LogP contribution in [0.25, 0.3) is 0 Å². The van der Waals surface area contributed by atoms with E-state index in [-0.39, 0.29) is 0 Å². The summed E-state index contributed by atoms with van der Waals surface area (Å²) in [6.45, 7) is 0. The number of alkyl halides is 3. The lowest BCUT2D eigenvalue weighted by molar-refractivity contribution is -0.156. The van der Waals surface area contributed by atoms with Crippen LogP contribution in [0.15, 0.2) is 48.7 Å². The monoisotopic (exact) mass is 503 g/mol. The third-order valence-electron chi connectivity index (χ3n) is 4.53. The summed E-state index contributed by atoms with van der Waals surface area (Å²) >= 11 is 6.26. The number of aryl methyl sites for hydroxylation is 2. The average Bonchev–Trinajstić information content (AvgIpc) is 2.81. The van der Waals surface area contributed by atoms with Gasteiger partial charge in [-0.05, 0) is 54.3 Å². The Morgan fingerprint density at radius 1 is 1.14 bits per heavy atom. The molecule has 0 spiro atoms. The number of amides is 2. The fourth-order valence-corrected chi connectivity index (χ4v) is 3.21. The Morgan fingerprint density at radius 2 is 1.89 bits per heavy atom. The predicted octanol–water partition coefficient (Wildman–Crippen LogP) is 5.07. The Bertz CT molecular complexity index is 1280. The van der Waals surface area contributed by atoms with Gasteiger partial charge in [-0.15, -0.1) is 0 Å². The maximum atomic E-state index is 11.8. The first kappa shape index (κ1) is 25.3. The molecule has 6 bridgehead atoms. The number of anilines is 5. The molecule has 9 nitrogen and oxygen atoms in total. The number of rotatable bonds is 1. The Balaban J connectivity index is 0.000000509. The molecule has 0 unspecified atom stereocenters. The topological polar surface area (TPSA) is 132 Å². The van der Waals surface area contributed by atoms with Crippen LogP contribution >= 0.6 is 11.6 Å². The van der Waals surface area contributed by atoms with Crippen molar-refractivity contribution in [3.63, 3.8) is 0 Å². The SMILES string of the molecule is N#CNC(=O)Nc1ccc2cc1CCc1cccc(c1)Nc1ncc(Cl)c(n1)N2.O=CC(F)(F)F. The second kappa shape index (κ2) is 11.2. The third kappa shape index (κ3) is 7.58. The zero-order chi connectivity index (χ0) is 25.4. The van der Waals surface area contributed by atoms with Crippen molar-refractivity contribution >= 4 is 52.7 Å². The number of hydrogen-bond donors (Lipinski definition) is 4. The number of fused-ring (bicyclic) bond motifs is 6. The minimum Gasteiger partial charge on any atom is -0.339 e. The number of carbonyl (C=O) groups excluding carboxylic acids is 2. The van der Waals surface area contributed by atoms with Crippen LogP contribution in [0, 0.1) is 11.5 Å². The number of nitriles is 1. The van der Waals surface area contributed by atoms with Gasteiger partial charge in [0.15, 0.2) is 12.0 Å². The molecule has 4 rings (SSSR count). The van der Waals surface area contributed by atoms with Gasteiger partial charge in [-0.3, -0.25) is 4.79 Å². The summed E-state index contributed by atoms with van der Waals surface area (Å²) in [6.07, 6.45) is -1.12. The van der Waals surface area contributed by atoms with Gasteiger partial charge in [-0.1, -0.05) is 23.7 Å². The molecule has 0 radical (unpaired) electrons. The fraction of sp³-hybridized carbons (Fsp3) is 0.136. The quantitative estimate of drug-likeness (QED) is 0.207. The number of hydrogen-bond acceptors (Lipinski definition) is 7. The molecule has 1 aliphatic rings. The minimum atomic E-state index is -4.64. The molecule has 1 aromatic heterocycles. The maximum absolute atomic E-state index is 11.8. The number of nitrogens with zero attached hydrogens (tertiary/aromatic N) is 3. The molecule has 180 valence electrons. The number of halogens is 4. The summed E-state index contributed by atoms with van der Waals surface area (Å²) in [6, 6.07) is 12.9. The van der Waals surface area contributed by atoms with Crippen molar-refractivity contribution in [2.24, 2.45) is 0 Å². The van der Waals surface area contributed by atoms with Gasteiger partial charge < -0.3 is 16.0 Å². The van der Waals surface area contributed by atoms with Crippen LogP contribution in [0.5, 0.6) is 0 Å². The van der Waals surface area contributed by atoms with Crippen LogP contribution in [0.1, 0.15) is 11.1 Å². The minimum absolute atomic E-state index is 0.385. The van der Waals surface area contributed by atoms with Crippen LogP contribution in [-0.2, 0) is 17.6 Å². The first-order chi connectivity index (χ1) is 16.7. The molecule has 2 aromatic carbocycles. The number of aldehydes is 1. The van der Waals surface area contributed by atoms with Gasteiger partial charge in [-0.2, -0.15) is 23.4 Å². The van der Waals surface area contributed by atoms with Crippen LogP contribution in [0.2, 0.25) is 5.02 Å². The lowest BCUT2D eigenvalue weighted by atomic mass is 10.0. The lowest BCUT2D eigenvalue weighted by Gasteiger charge is -2.14. The van der Waals surface area contributed by atoms with E-state index in [1.165, 1.54) is 6.20 Å². The first-order valence-corrected chi connectivity index (χ1v) is 10.3. The van der Waals surface area contributed by atoms with Gasteiger partial charge in [0.2, 0.25) is 12.2 Å². The number of carbonyl (C=O) groups is 2. The molecular formula is C22H17ClF3N7O2. The molecule has 0 saturated heterocycles. The first-order valence-electron chi connectivity index (χ1n) is 9.94. The number of aromatic nitrogens is 2. The molecule has 0 atom stereocenters. The molecule has 35 heavy (non-hydrogen) atoms. The summed E-state index contributed by atoms with van der Waals surface area (Å²) in [5, 5.41) is 20.2. The van der Waals surface area contributed by atoms with Crippen LogP contribution in [0.4, 0.5) is 46.8 Å². The highest BCUT2D eigenvalue weighted by molar-refractivity contribution is 6.32. The zero-order valence-corrected chi connectivity index (χ0v) is 18.5. The van der Waals surface area contributed by atoms with Crippen molar-refractivity contribution in [1.29, 1.82) is 5.26 Å². The van der Waals surface area contributed by atoms with Crippen LogP contribution in [0.3, 0.4) is 0 Å². The van der Waals surface area contributed by atoms with Crippen LogP contribution in [-0.4, -0.2) is 28.5 Å². The molecule has 0 saturated carbocycles. The highest BCUT2D eigenvalue weighted by Crippen LogP contribution is 2.29. The van der Waals surface area contributed by atoms with E-state index in [9.17, 15) is 18.0 Å². The van der Waals surface area contributed by atoms with Gasteiger partial charge in [0, 0.05) is 17.1 Å².